The summed E-state index contributed by atoms with van der Waals surface area (Å²) in [5.41, 5.74) is 5.39. The SMILES string of the molecule is COc1csc(-c2nc(C(C)(N)COC(C)C)no2)c1. The number of thiophene rings is 1. The zero-order chi connectivity index (χ0) is 14.8. The van der Waals surface area contributed by atoms with E-state index in [0.29, 0.717) is 18.3 Å². The molecule has 0 radical (unpaired) electrons. The molecule has 6 nitrogen and oxygen atoms in total. The van der Waals surface area contributed by atoms with Crippen LogP contribution in [0.15, 0.2) is 16.0 Å². The molecule has 0 saturated heterocycles. The van der Waals surface area contributed by atoms with Crippen molar-refractivity contribution in [3.05, 3.63) is 17.3 Å². The van der Waals surface area contributed by atoms with Gasteiger partial charge in [0.1, 0.15) is 11.3 Å². The van der Waals surface area contributed by atoms with Crippen molar-refractivity contribution in [3.63, 3.8) is 0 Å². The molecular weight excluding hydrogens is 278 g/mol. The molecule has 7 heteroatoms. The average molecular weight is 297 g/mol. The number of methoxy groups -OCH3 is 1. The highest BCUT2D eigenvalue weighted by molar-refractivity contribution is 7.13. The van der Waals surface area contributed by atoms with Crippen molar-refractivity contribution in [1.29, 1.82) is 0 Å². The lowest BCUT2D eigenvalue weighted by atomic mass is 10.1. The van der Waals surface area contributed by atoms with Crippen molar-refractivity contribution in [1.82, 2.24) is 10.1 Å². The van der Waals surface area contributed by atoms with Crippen LogP contribution in [0.3, 0.4) is 0 Å². The van der Waals surface area contributed by atoms with Crippen LogP contribution >= 0.6 is 11.3 Å². The topological polar surface area (TPSA) is 83.4 Å². The van der Waals surface area contributed by atoms with Gasteiger partial charge < -0.3 is 19.7 Å². The van der Waals surface area contributed by atoms with Crippen molar-refractivity contribution >= 4 is 11.3 Å². The van der Waals surface area contributed by atoms with E-state index in [4.69, 9.17) is 19.7 Å². The molecule has 0 aromatic carbocycles. The van der Waals surface area contributed by atoms with E-state index in [-0.39, 0.29) is 6.10 Å². The van der Waals surface area contributed by atoms with Crippen LogP contribution in [0, 0.1) is 0 Å². The zero-order valence-corrected chi connectivity index (χ0v) is 12.9. The summed E-state index contributed by atoms with van der Waals surface area (Å²) in [6.45, 7) is 6.06. The molecule has 0 aliphatic carbocycles. The van der Waals surface area contributed by atoms with Crippen LogP contribution in [-0.4, -0.2) is 30.0 Å². The van der Waals surface area contributed by atoms with Gasteiger partial charge in [-0.25, -0.2) is 0 Å². The Balaban J connectivity index is 2.15. The Morgan fingerprint density at radius 1 is 1.50 bits per heavy atom. The Bertz CT molecular complexity index is 563. The van der Waals surface area contributed by atoms with E-state index in [1.807, 2.05) is 32.2 Å². The van der Waals surface area contributed by atoms with Crippen LogP contribution in [-0.2, 0) is 10.3 Å². The Morgan fingerprint density at radius 3 is 2.85 bits per heavy atom. The van der Waals surface area contributed by atoms with Crippen molar-refractivity contribution < 1.29 is 14.0 Å². The second-order valence-electron chi connectivity index (χ2n) is 5.05. The average Bonchev–Trinajstić information content (AvgIpc) is 3.04. The summed E-state index contributed by atoms with van der Waals surface area (Å²) in [4.78, 5) is 5.20. The second kappa shape index (κ2) is 5.90. The molecule has 2 aromatic heterocycles. The van der Waals surface area contributed by atoms with E-state index < -0.39 is 5.54 Å². The molecule has 1 unspecified atom stereocenters. The van der Waals surface area contributed by atoms with Crippen LogP contribution in [0.2, 0.25) is 0 Å². The molecule has 20 heavy (non-hydrogen) atoms. The Labute approximate surface area is 121 Å². The van der Waals surface area contributed by atoms with Crippen LogP contribution in [0.5, 0.6) is 5.75 Å². The van der Waals surface area contributed by atoms with Gasteiger partial charge in [-0.05, 0) is 20.8 Å². The highest BCUT2D eigenvalue weighted by Gasteiger charge is 2.29. The van der Waals surface area contributed by atoms with Crippen molar-refractivity contribution in [2.75, 3.05) is 13.7 Å². The largest absolute Gasteiger partial charge is 0.496 e. The van der Waals surface area contributed by atoms with E-state index in [9.17, 15) is 0 Å². The minimum Gasteiger partial charge on any atom is -0.496 e. The number of hydrogen-bond acceptors (Lipinski definition) is 7. The Morgan fingerprint density at radius 2 is 2.25 bits per heavy atom. The van der Waals surface area contributed by atoms with Gasteiger partial charge in [0.25, 0.3) is 5.89 Å². The van der Waals surface area contributed by atoms with E-state index in [1.165, 1.54) is 11.3 Å². The molecular formula is C13H19N3O3S. The van der Waals surface area contributed by atoms with E-state index >= 15 is 0 Å². The molecule has 0 fully saturated rings. The van der Waals surface area contributed by atoms with Crippen LogP contribution in [0.1, 0.15) is 26.6 Å². The van der Waals surface area contributed by atoms with E-state index in [1.54, 1.807) is 7.11 Å². The van der Waals surface area contributed by atoms with Crippen molar-refractivity contribution in [2.45, 2.75) is 32.4 Å². The molecule has 0 amide bonds. The molecule has 0 aliphatic rings. The molecule has 0 spiro atoms. The second-order valence-corrected chi connectivity index (χ2v) is 5.96. The first kappa shape index (κ1) is 15.0. The van der Waals surface area contributed by atoms with Gasteiger partial charge in [0.15, 0.2) is 5.82 Å². The van der Waals surface area contributed by atoms with Crippen LogP contribution < -0.4 is 10.5 Å². The number of ether oxygens (including phenoxy) is 2. The standard InChI is InChI=1S/C13H19N3O3S/c1-8(2)18-7-13(3,14)12-15-11(19-16-12)10-5-9(17-4)6-20-10/h5-6,8H,7,14H2,1-4H3. The van der Waals surface area contributed by atoms with Gasteiger partial charge in [-0.2, -0.15) is 4.98 Å². The number of nitrogens with zero attached hydrogens (tertiary/aromatic N) is 2. The molecule has 2 N–H and O–H groups in total. The molecule has 110 valence electrons. The molecule has 2 heterocycles. The van der Waals surface area contributed by atoms with Gasteiger partial charge in [-0.15, -0.1) is 11.3 Å². The third-order valence-electron chi connectivity index (χ3n) is 2.68. The van der Waals surface area contributed by atoms with E-state index in [0.717, 1.165) is 10.6 Å². The highest BCUT2D eigenvalue weighted by Crippen LogP contribution is 2.30. The molecule has 0 aliphatic heterocycles. The summed E-state index contributed by atoms with van der Waals surface area (Å²) in [6.07, 6.45) is 0.103. The lowest BCUT2D eigenvalue weighted by Gasteiger charge is -2.21. The van der Waals surface area contributed by atoms with Crippen LogP contribution in [0.25, 0.3) is 10.8 Å². The normalized spacial score (nSPS) is 14.5. The predicted octanol–water partition coefficient (Wildman–Crippen LogP) is 2.41. The lowest BCUT2D eigenvalue weighted by Crippen LogP contribution is -2.40. The Kier molecular flexibility index (Phi) is 4.42. The minimum atomic E-state index is -0.784. The third kappa shape index (κ3) is 3.36. The summed E-state index contributed by atoms with van der Waals surface area (Å²) >= 11 is 1.48. The monoisotopic (exact) mass is 297 g/mol. The number of nitrogens with two attached hydrogens (primary N) is 1. The summed E-state index contributed by atoms with van der Waals surface area (Å²) in [5.74, 6) is 1.64. The molecule has 2 aromatic rings. The summed E-state index contributed by atoms with van der Waals surface area (Å²) < 4.78 is 15.9. The first-order valence-corrected chi connectivity index (χ1v) is 7.18. The fourth-order valence-electron chi connectivity index (χ4n) is 1.50. The summed E-state index contributed by atoms with van der Waals surface area (Å²) in [5, 5.41) is 5.83. The fraction of sp³-hybridized carbons (Fsp3) is 0.538. The maximum absolute atomic E-state index is 6.18. The van der Waals surface area contributed by atoms with Gasteiger partial charge in [0, 0.05) is 11.4 Å². The molecule has 0 saturated carbocycles. The van der Waals surface area contributed by atoms with Crippen LogP contribution in [0.4, 0.5) is 0 Å². The van der Waals surface area contributed by atoms with Gasteiger partial charge in [0.2, 0.25) is 0 Å². The highest BCUT2D eigenvalue weighted by atomic mass is 32.1. The Hall–Kier alpha value is -1.44. The van der Waals surface area contributed by atoms with Crippen molar-refractivity contribution in [3.8, 4) is 16.5 Å². The summed E-state index contributed by atoms with van der Waals surface area (Å²) in [6, 6.07) is 1.85. The smallest absolute Gasteiger partial charge is 0.268 e. The van der Waals surface area contributed by atoms with Gasteiger partial charge >= 0.3 is 0 Å². The summed E-state index contributed by atoms with van der Waals surface area (Å²) in [7, 11) is 1.62. The molecule has 1 atom stereocenters. The van der Waals surface area contributed by atoms with Gasteiger partial charge in [-0.3, -0.25) is 0 Å². The maximum atomic E-state index is 6.18. The number of aromatic nitrogens is 2. The first-order valence-electron chi connectivity index (χ1n) is 6.30. The predicted molar refractivity (Wildman–Crippen MR) is 76.8 cm³/mol. The third-order valence-corrected chi connectivity index (χ3v) is 3.57. The first-order chi connectivity index (χ1) is 9.42. The minimum absolute atomic E-state index is 0.103. The quantitative estimate of drug-likeness (QED) is 0.881. The number of rotatable bonds is 6. The van der Waals surface area contributed by atoms with Crippen molar-refractivity contribution in [2.24, 2.45) is 5.73 Å². The van der Waals surface area contributed by atoms with Gasteiger partial charge in [0.05, 0.1) is 24.7 Å². The maximum Gasteiger partial charge on any atom is 0.268 e. The van der Waals surface area contributed by atoms with Gasteiger partial charge in [-0.1, -0.05) is 5.16 Å². The lowest BCUT2D eigenvalue weighted by molar-refractivity contribution is 0.0410. The number of hydrogen-bond donors (Lipinski definition) is 1. The molecule has 0 bridgehead atoms. The molecule has 2 rings (SSSR count). The van der Waals surface area contributed by atoms with E-state index in [2.05, 4.69) is 10.1 Å². The zero-order valence-electron chi connectivity index (χ0n) is 12.0. The fourth-order valence-corrected chi connectivity index (χ4v) is 2.27.